The van der Waals surface area contributed by atoms with Crippen LogP contribution in [0.3, 0.4) is 0 Å². The van der Waals surface area contributed by atoms with Gasteiger partial charge in [-0.15, -0.1) is 0 Å². The molecule has 0 spiro atoms. The van der Waals surface area contributed by atoms with E-state index in [4.69, 9.17) is 0 Å². The zero-order chi connectivity index (χ0) is 7.68. The second-order valence-electron chi connectivity index (χ2n) is 4.26. The molecule has 1 N–H and O–H groups in total. The van der Waals surface area contributed by atoms with Crippen LogP contribution in [0.1, 0.15) is 45.4 Å². The van der Waals surface area contributed by atoms with Gasteiger partial charge in [0.2, 0.25) is 0 Å². The molecule has 1 unspecified atom stereocenters. The van der Waals surface area contributed by atoms with Crippen molar-refractivity contribution in [2.75, 3.05) is 0 Å². The molecular weight excluding hydrogens is 134 g/mol. The highest BCUT2D eigenvalue weighted by atomic mass is 15.0. The summed E-state index contributed by atoms with van der Waals surface area (Å²) in [6.45, 7) is 2.31. The summed E-state index contributed by atoms with van der Waals surface area (Å²) in [5.41, 5.74) is 0. The zero-order valence-corrected chi connectivity index (χ0v) is 7.47. The molecule has 0 aromatic carbocycles. The van der Waals surface area contributed by atoms with Crippen molar-refractivity contribution >= 4 is 0 Å². The summed E-state index contributed by atoms with van der Waals surface area (Å²) >= 11 is 0. The van der Waals surface area contributed by atoms with Gasteiger partial charge in [-0.05, 0) is 31.6 Å². The van der Waals surface area contributed by atoms with Gasteiger partial charge in [0.1, 0.15) is 0 Å². The number of hydrogen-bond acceptors (Lipinski definition) is 1. The first kappa shape index (κ1) is 7.60. The Morgan fingerprint density at radius 2 is 1.82 bits per heavy atom. The van der Waals surface area contributed by atoms with Crippen molar-refractivity contribution in [3.63, 3.8) is 0 Å². The minimum absolute atomic E-state index is 0.894. The maximum absolute atomic E-state index is 3.68. The SMILES string of the molecule is CCCC1C[C@H]2CC[C@@H](C1)N2. The van der Waals surface area contributed by atoms with Crippen molar-refractivity contribution in [2.24, 2.45) is 5.92 Å². The molecule has 2 aliphatic rings. The van der Waals surface area contributed by atoms with Gasteiger partial charge >= 0.3 is 0 Å². The Bertz CT molecular complexity index is 121. The van der Waals surface area contributed by atoms with Crippen molar-refractivity contribution in [1.82, 2.24) is 5.32 Å². The molecule has 1 nitrogen and oxygen atoms in total. The average molecular weight is 153 g/mol. The van der Waals surface area contributed by atoms with Crippen LogP contribution in [0.25, 0.3) is 0 Å². The van der Waals surface area contributed by atoms with Crippen LogP contribution in [-0.4, -0.2) is 12.1 Å². The topological polar surface area (TPSA) is 12.0 Å². The molecule has 2 heterocycles. The lowest BCUT2D eigenvalue weighted by Gasteiger charge is -2.28. The van der Waals surface area contributed by atoms with Gasteiger partial charge in [-0.25, -0.2) is 0 Å². The van der Waals surface area contributed by atoms with Gasteiger partial charge in [-0.3, -0.25) is 0 Å². The lowest BCUT2D eigenvalue weighted by atomic mass is 9.89. The smallest absolute Gasteiger partial charge is 0.00728 e. The van der Waals surface area contributed by atoms with E-state index in [1.54, 1.807) is 0 Å². The molecule has 0 amide bonds. The number of hydrogen-bond donors (Lipinski definition) is 1. The Labute approximate surface area is 69.6 Å². The first-order valence-electron chi connectivity index (χ1n) is 5.14. The highest BCUT2D eigenvalue weighted by molar-refractivity contribution is 4.91. The van der Waals surface area contributed by atoms with E-state index in [1.165, 1.54) is 38.5 Å². The first-order valence-corrected chi connectivity index (χ1v) is 5.14. The van der Waals surface area contributed by atoms with Crippen molar-refractivity contribution in [2.45, 2.75) is 57.5 Å². The number of fused-ring (bicyclic) bond motifs is 2. The van der Waals surface area contributed by atoms with Crippen LogP contribution in [0.4, 0.5) is 0 Å². The fourth-order valence-electron chi connectivity index (χ4n) is 2.82. The maximum atomic E-state index is 3.68. The second kappa shape index (κ2) is 3.14. The summed E-state index contributed by atoms with van der Waals surface area (Å²) in [7, 11) is 0. The van der Waals surface area contributed by atoms with Crippen LogP contribution in [-0.2, 0) is 0 Å². The van der Waals surface area contributed by atoms with Crippen molar-refractivity contribution in [3.05, 3.63) is 0 Å². The van der Waals surface area contributed by atoms with Crippen molar-refractivity contribution in [1.29, 1.82) is 0 Å². The van der Waals surface area contributed by atoms with Crippen LogP contribution in [0.15, 0.2) is 0 Å². The highest BCUT2D eigenvalue weighted by Gasteiger charge is 2.32. The van der Waals surface area contributed by atoms with E-state index in [0.717, 1.165) is 18.0 Å². The molecule has 0 aliphatic carbocycles. The molecule has 2 saturated heterocycles. The third-order valence-electron chi connectivity index (χ3n) is 3.27. The first-order chi connectivity index (χ1) is 5.38. The Kier molecular flexibility index (Phi) is 2.17. The van der Waals surface area contributed by atoms with E-state index >= 15 is 0 Å². The fraction of sp³-hybridized carbons (Fsp3) is 1.00. The standard InChI is InChI=1S/C10H19N/c1-2-3-8-6-9-4-5-10(7-8)11-9/h8-11H,2-7H2,1H3/t8?,9-,10+. The van der Waals surface area contributed by atoms with Crippen LogP contribution in [0, 0.1) is 5.92 Å². The minimum Gasteiger partial charge on any atom is -0.311 e. The summed E-state index contributed by atoms with van der Waals surface area (Å²) < 4.78 is 0. The summed E-state index contributed by atoms with van der Waals surface area (Å²) in [5, 5.41) is 3.68. The van der Waals surface area contributed by atoms with Crippen LogP contribution < -0.4 is 5.32 Å². The van der Waals surface area contributed by atoms with Crippen LogP contribution in [0.2, 0.25) is 0 Å². The summed E-state index contributed by atoms with van der Waals surface area (Å²) in [6.07, 6.45) is 8.67. The molecule has 0 saturated carbocycles. The molecule has 2 rings (SSSR count). The molecule has 2 bridgehead atoms. The third kappa shape index (κ3) is 1.58. The minimum atomic E-state index is 0.894. The molecular formula is C10H19N. The molecule has 11 heavy (non-hydrogen) atoms. The normalized spacial score (nSPS) is 42.8. The van der Waals surface area contributed by atoms with Crippen LogP contribution >= 0.6 is 0 Å². The third-order valence-corrected chi connectivity index (χ3v) is 3.27. The zero-order valence-electron chi connectivity index (χ0n) is 7.47. The largest absolute Gasteiger partial charge is 0.311 e. The molecule has 0 aromatic rings. The fourth-order valence-corrected chi connectivity index (χ4v) is 2.82. The van der Waals surface area contributed by atoms with E-state index in [2.05, 4.69) is 12.2 Å². The Balaban J connectivity index is 1.87. The Hall–Kier alpha value is -0.0400. The lowest BCUT2D eigenvalue weighted by molar-refractivity contribution is 0.284. The van der Waals surface area contributed by atoms with Gasteiger partial charge in [0.05, 0.1) is 0 Å². The molecule has 3 atom stereocenters. The van der Waals surface area contributed by atoms with E-state index in [1.807, 2.05) is 0 Å². The molecule has 0 aromatic heterocycles. The average Bonchev–Trinajstić information content (AvgIpc) is 2.32. The Morgan fingerprint density at radius 3 is 2.36 bits per heavy atom. The summed E-state index contributed by atoms with van der Waals surface area (Å²) in [4.78, 5) is 0. The number of rotatable bonds is 2. The van der Waals surface area contributed by atoms with E-state index in [9.17, 15) is 0 Å². The van der Waals surface area contributed by atoms with Gasteiger partial charge in [-0.2, -0.15) is 0 Å². The van der Waals surface area contributed by atoms with Gasteiger partial charge in [0.25, 0.3) is 0 Å². The predicted octanol–water partition coefficient (Wildman–Crippen LogP) is 2.32. The van der Waals surface area contributed by atoms with Gasteiger partial charge in [0.15, 0.2) is 0 Å². The van der Waals surface area contributed by atoms with Crippen molar-refractivity contribution in [3.8, 4) is 0 Å². The summed E-state index contributed by atoms with van der Waals surface area (Å²) in [6, 6.07) is 1.79. The summed E-state index contributed by atoms with van der Waals surface area (Å²) in [5.74, 6) is 1.05. The van der Waals surface area contributed by atoms with E-state index in [-0.39, 0.29) is 0 Å². The molecule has 2 aliphatic heterocycles. The molecule has 1 heteroatoms. The number of piperidine rings is 1. The molecule has 64 valence electrons. The van der Waals surface area contributed by atoms with Crippen molar-refractivity contribution < 1.29 is 0 Å². The number of nitrogens with one attached hydrogen (secondary N) is 1. The molecule has 2 fully saturated rings. The Morgan fingerprint density at radius 1 is 1.18 bits per heavy atom. The van der Waals surface area contributed by atoms with Gasteiger partial charge < -0.3 is 5.32 Å². The quantitative estimate of drug-likeness (QED) is 0.642. The predicted molar refractivity (Wildman–Crippen MR) is 47.6 cm³/mol. The monoisotopic (exact) mass is 153 g/mol. The second-order valence-corrected chi connectivity index (χ2v) is 4.26. The van der Waals surface area contributed by atoms with E-state index < -0.39 is 0 Å². The van der Waals surface area contributed by atoms with E-state index in [0.29, 0.717) is 0 Å². The maximum Gasteiger partial charge on any atom is 0.00728 e. The lowest BCUT2D eigenvalue weighted by Crippen LogP contribution is -2.37. The van der Waals surface area contributed by atoms with Gasteiger partial charge in [-0.1, -0.05) is 19.8 Å². The molecule has 0 radical (unpaired) electrons. The van der Waals surface area contributed by atoms with Crippen LogP contribution in [0.5, 0.6) is 0 Å². The van der Waals surface area contributed by atoms with Gasteiger partial charge in [0, 0.05) is 12.1 Å². The highest BCUT2D eigenvalue weighted by Crippen LogP contribution is 2.32.